The molecule has 0 heterocycles. The summed E-state index contributed by atoms with van der Waals surface area (Å²) < 4.78 is 22.3. The van der Waals surface area contributed by atoms with Gasteiger partial charge >= 0.3 is 0 Å². The Balaban J connectivity index is 3.84. The molecular weight excluding hydrogens is 279 g/mol. The van der Waals surface area contributed by atoms with Crippen LogP contribution in [0.1, 0.15) is 5.56 Å². The second-order valence-electron chi connectivity index (χ2n) is 2.58. The van der Waals surface area contributed by atoms with Crippen LogP contribution in [0, 0.1) is 21.4 Å². The van der Waals surface area contributed by atoms with E-state index in [0.717, 1.165) is 12.1 Å². The minimum Gasteiger partial charge on any atom is -0.258 e. The molecule has 0 saturated carbocycles. The topological polar surface area (TPSA) is 101 Å². The van der Waals surface area contributed by atoms with E-state index in [-0.39, 0.29) is 5.02 Å². The van der Waals surface area contributed by atoms with Gasteiger partial charge in [0.2, 0.25) is 0 Å². The maximum Gasteiger partial charge on any atom is 0.290 e. The van der Waals surface area contributed by atoms with Crippen molar-refractivity contribution < 1.29 is 13.3 Å². The number of hydrogen-bond donors (Lipinski definition) is 0. The molecule has 0 radical (unpaired) electrons. The quantitative estimate of drug-likeness (QED) is 0.469. The van der Waals surface area contributed by atoms with Crippen LogP contribution in [0.5, 0.6) is 0 Å². The summed E-state index contributed by atoms with van der Waals surface area (Å²) in [6.07, 6.45) is 0. The predicted molar refractivity (Wildman–Crippen MR) is 55.9 cm³/mol. The fourth-order valence-electron chi connectivity index (χ4n) is 1.04. The minimum absolute atomic E-state index is 0.215. The number of nitrogens with zero attached hydrogens (tertiary/aromatic N) is 2. The first-order valence-electron chi connectivity index (χ1n) is 3.60. The van der Waals surface area contributed by atoms with Crippen molar-refractivity contribution in [2.75, 3.05) is 0 Å². The molecular formula is C7H2Cl2N2O4S. The Morgan fingerprint density at radius 1 is 1.44 bits per heavy atom. The molecule has 0 amide bonds. The van der Waals surface area contributed by atoms with Crippen LogP contribution in [0.15, 0.2) is 17.0 Å². The zero-order valence-electron chi connectivity index (χ0n) is 7.35. The van der Waals surface area contributed by atoms with Crippen LogP contribution in [0.3, 0.4) is 0 Å². The minimum atomic E-state index is -4.42. The van der Waals surface area contributed by atoms with Crippen molar-refractivity contribution in [3.05, 3.63) is 32.8 Å². The number of nitro benzene ring substituents is 1. The van der Waals surface area contributed by atoms with Gasteiger partial charge in [-0.25, -0.2) is 8.42 Å². The molecule has 0 fully saturated rings. The van der Waals surface area contributed by atoms with E-state index in [2.05, 4.69) is 0 Å². The lowest BCUT2D eigenvalue weighted by Gasteiger charge is -2.02. The predicted octanol–water partition coefficient (Wildman–Crippen LogP) is 2.05. The number of benzene rings is 1. The molecule has 0 aliphatic rings. The third-order valence-corrected chi connectivity index (χ3v) is 3.32. The SMILES string of the molecule is N#Cc1c(Cl)ccc([N+](=O)[O-])c1S(=O)(=O)Cl. The van der Waals surface area contributed by atoms with Gasteiger partial charge in [-0.15, -0.1) is 0 Å². The molecule has 0 unspecified atom stereocenters. The second kappa shape index (κ2) is 4.25. The highest BCUT2D eigenvalue weighted by Gasteiger charge is 2.29. The lowest BCUT2D eigenvalue weighted by atomic mass is 10.2. The van der Waals surface area contributed by atoms with E-state index >= 15 is 0 Å². The number of rotatable bonds is 2. The maximum absolute atomic E-state index is 11.1. The van der Waals surface area contributed by atoms with Gasteiger partial charge < -0.3 is 0 Å². The molecule has 0 aliphatic heterocycles. The zero-order chi connectivity index (χ0) is 12.5. The van der Waals surface area contributed by atoms with E-state index in [1.54, 1.807) is 0 Å². The van der Waals surface area contributed by atoms with Crippen molar-refractivity contribution in [2.45, 2.75) is 4.90 Å². The summed E-state index contributed by atoms with van der Waals surface area (Å²) in [7, 11) is 0.602. The number of halogens is 2. The van der Waals surface area contributed by atoms with Gasteiger partial charge in [-0.2, -0.15) is 5.26 Å². The monoisotopic (exact) mass is 280 g/mol. The molecule has 6 nitrogen and oxygen atoms in total. The molecule has 0 saturated heterocycles. The largest absolute Gasteiger partial charge is 0.290 e. The molecule has 0 aromatic heterocycles. The first-order valence-corrected chi connectivity index (χ1v) is 6.29. The summed E-state index contributed by atoms with van der Waals surface area (Å²) >= 11 is 5.54. The summed E-state index contributed by atoms with van der Waals surface area (Å²) in [6.45, 7) is 0. The molecule has 0 aliphatic carbocycles. The first kappa shape index (κ1) is 12.7. The molecule has 0 bridgehead atoms. The van der Waals surface area contributed by atoms with Crippen LogP contribution in [0.25, 0.3) is 0 Å². The highest BCUT2D eigenvalue weighted by atomic mass is 35.7. The Kier molecular flexibility index (Phi) is 3.38. The third kappa shape index (κ3) is 2.24. The maximum atomic E-state index is 11.1. The lowest BCUT2D eigenvalue weighted by Crippen LogP contribution is -2.02. The highest BCUT2D eigenvalue weighted by molar-refractivity contribution is 8.13. The molecule has 9 heteroatoms. The van der Waals surface area contributed by atoms with Crippen LogP contribution in [-0.4, -0.2) is 13.3 Å². The number of nitriles is 1. The van der Waals surface area contributed by atoms with Crippen molar-refractivity contribution in [3.63, 3.8) is 0 Å². The number of nitro groups is 1. The van der Waals surface area contributed by atoms with E-state index in [1.165, 1.54) is 6.07 Å². The van der Waals surface area contributed by atoms with E-state index in [9.17, 15) is 18.5 Å². The summed E-state index contributed by atoms with van der Waals surface area (Å²) in [5, 5.41) is 19.1. The molecule has 0 spiro atoms. The van der Waals surface area contributed by atoms with Crippen molar-refractivity contribution in [2.24, 2.45) is 0 Å². The Bertz CT molecular complexity index is 606. The molecule has 84 valence electrons. The van der Waals surface area contributed by atoms with Gasteiger partial charge in [0.25, 0.3) is 14.7 Å². The van der Waals surface area contributed by atoms with Crippen LogP contribution >= 0.6 is 22.3 Å². The zero-order valence-corrected chi connectivity index (χ0v) is 9.67. The van der Waals surface area contributed by atoms with Crippen molar-refractivity contribution >= 4 is 37.0 Å². The van der Waals surface area contributed by atoms with Gasteiger partial charge in [-0.1, -0.05) is 11.6 Å². The van der Waals surface area contributed by atoms with Gasteiger partial charge in [0.1, 0.15) is 6.07 Å². The summed E-state index contributed by atoms with van der Waals surface area (Å²) in [6, 6.07) is 3.40. The molecule has 1 aromatic rings. The molecule has 1 aromatic carbocycles. The normalized spacial score (nSPS) is 10.8. The van der Waals surface area contributed by atoms with E-state index in [4.69, 9.17) is 27.5 Å². The van der Waals surface area contributed by atoms with E-state index in [0.29, 0.717) is 0 Å². The highest BCUT2D eigenvalue weighted by Crippen LogP contribution is 2.33. The number of hydrogen-bond acceptors (Lipinski definition) is 5. The smallest absolute Gasteiger partial charge is 0.258 e. The molecule has 0 N–H and O–H groups in total. The summed E-state index contributed by atoms with van der Waals surface area (Å²) in [5.41, 5.74) is -1.32. The molecule has 0 atom stereocenters. The fourth-order valence-corrected chi connectivity index (χ4v) is 2.56. The van der Waals surface area contributed by atoms with E-state index < -0.39 is 30.1 Å². The Morgan fingerprint density at radius 3 is 2.38 bits per heavy atom. The first-order chi connectivity index (χ1) is 7.29. The molecule has 16 heavy (non-hydrogen) atoms. The third-order valence-electron chi connectivity index (χ3n) is 1.64. The Labute approximate surface area is 99.6 Å². The van der Waals surface area contributed by atoms with Gasteiger partial charge in [0, 0.05) is 16.7 Å². The standard InChI is InChI=1S/C7H2Cl2N2O4S/c8-5-1-2-6(11(12)13)7(4(5)3-10)16(9,14)15/h1-2H. The van der Waals surface area contributed by atoms with Gasteiger partial charge in [0.05, 0.1) is 15.5 Å². The van der Waals surface area contributed by atoms with Gasteiger partial charge in [0.15, 0.2) is 4.90 Å². The lowest BCUT2D eigenvalue weighted by molar-refractivity contribution is -0.387. The Morgan fingerprint density at radius 2 is 2.00 bits per heavy atom. The summed E-state index contributed by atoms with van der Waals surface area (Å²) in [4.78, 5) is 8.75. The van der Waals surface area contributed by atoms with Crippen LogP contribution < -0.4 is 0 Å². The van der Waals surface area contributed by atoms with Crippen LogP contribution in [0.4, 0.5) is 5.69 Å². The Hall–Kier alpha value is -1.36. The average molecular weight is 281 g/mol. The summed E-state index contributed by atoms with van der Waals surface area (Å²) in [5.74, 6) is 0. The van der Waals surface area contributed by atoms with E-state index in [1.807, 2.05) is 0 Å². The fraction of sp³-hybridized carbons (Fsp3) is 0. The van der Waals surface area contributed by atoms with Crippen LogP contribution in [0.2, 0.25) is 5.02 Å². The van der Waals surface area contributed by atoms with Crippen LogP contribution in [-0.2, 0) is 9.05 Å². The molecule has 1 rings (SSSR count). The average Bonchev–Trinajstić information content (AvgIpc) is 2.15. The van der Waals surface area contributed by atoms with Gasteiger partial charge in [-0.05, 0) is 6.07 Å². The van der Waals surface area contributed by atoms with Gasteiger partial charge in [-0.3, -0.25) is 10.1 Å². The van der Waals surface area contributed by atoms with Crippen molar-refractivity contribution in [3.8, 4) is 6.07 Å². The second-order valence-corrected chi connectivity index (χ2v) is 5.49. The van der Waals surface area contributed by atoms with Crippen molar-refractivity contribution in [1.29, 1.82) is 5.26 Å². The van der Waals surface area contributed by atoms with Crippen molar-refractivity contribution in [1.82, 2.24) is 0 Å².